The van der Waals surface area contributed by atoms with Crippen LogP contribution in [-0.2, 0) is 11.2 Å². The Morgan fingerprint density at radius 3 is 2.92 bits per heavy atom. The number of carbonyl (C=O) groups is 2. The Morgan fingerprint density at radius 1 is 1.32 bits per heavy atom. The summed E-state index contributed by atoms with van der Waals surface area (Å²) in [7, 11) is 0. The van der Waals surface area contributed by atoms with Crippen molar-refractivity contribution in [2.24, 2.45) is 0 Å². The van der Waals surface area contributed by atoms with Crippen molar-refractivity contribution in [3.8, 4) is 0 Å². The highest BCUT2D eigenvalue weighted by Crippen LogP contribution is 2.47. The molecule has 1 unspecified atom stereocenters. The van der Waals surface area contributed by atoms with E-state index in [2.05, 4.69) is 10.3 Å². The first-order chi connectivity index (χ1) is 12.1. The maximum atomic E-state index is 12.5. The average Bonchev–Trinajstić information content (AvgIpc) is 3.00. The van der Waals surface area contributed by atoms with Crippen molar-refractivity contribution in [1.29, 1.82) is 0 Å². The molecular formula is C18H17N3O3S. The molecule has 2 N–H and O–H groups in total. The second-order valence-corrected chi connectivity index (χ2v) is 7.68. The third-order valence-corrected chi connectivity index (χ3v) is 6.32. The third kappa shape index (κ3) is 2.79. The number of anilines is 1. The first-order valence-electron chi connectivity index (χ1n) is 8.13. The Labute approximate surface area is 149 Å². The lowest BCUT2D eigenvalue weighted by atomic mass is 9.95. The van der Waals surface area contributed by atoms with E-state index in [0.717, 1.165) is 36.3 Å². The van der Waals surface area contributed by atoms with Crippen LogP contribution in [0.5, 0.6) is 0 Å². The number of hydrogen-bond donors (Lipinski definition) is 2. The van der Waals surface area contributed by atoms with E-state index in [9.17, 15) is 14.8 Å². The smallest absolute Gasteiger partial charge is 0.282 e. The zero-order valence-electron chi connectivity index (χ0n) is 13.4. The highest BCUT2D eigenvalue weighted by molar-refractivity contribution is 8.01. The molecule has 0 radical (unpaired) electrons. The number of hydrogen-bond acceptors (Lipinski definition) is 5. The number of amides is 2. The van der Waals surface area contributed by atoms with Crippen LogP contribution in [0.4, 0.5) is 5.69 Å². The van der Waals surface area contributed by atoms with Gasteiger partial charge in [0.25, 0.3) is 5.91 Å². The maximum absolute atomic E-state index is 12.5. The molecule has 0 saturated carbocycles. The van der Waals surface area contributed by atoms with Crippen LogP contribution in [0.3, 0.4) is 0 Å². The molecule has 25 heavy (non-hydrogen) atoms. The van der Waals surface area contributed by atoms with E-state index in [1.54, 1.807) is 36.2 Å². The summed E-state index contributed by atoms with van der Waals surface area (Å²) in [4.78, 5) is 29.6. The number of nitrogens with zero attached hydrogens (tertiary/aromatic N) is 2. The summed E-state index contributed by atoms with van der Waals surface area (Å²) in [6.45, 7) is 0.725. The summed E-state index contributed by atoms with van der Waals surface area (Å²) in [6.07, 6.45) is 5.35. The summed E-state index contributed by atoms with van der Waals surface area (Å²) in [5.41, 5.74) is 1.78. The van der Waals surface area contributed by atoms with Crippen molar-refractivity contribution in [3.05, 3.63) is 53.9 Å². The minimum absolute atomic E-state index is 0.112. The molecule has 2 aromatic rings. The molecule has 2 aliphatic rings. The summed E-state index contributed by atoms with van der Waals surface area (Å²) in [5.74, 6) is -0.388. The van der Waals surface area contributed by atoms with Gasteiger partial charge in [-0.2, -0.15) is 5.06 Å². The van der Waals surface area contributed by atoms with Crippen LogP contribution in [0.2, 0.25) is 0 Å². The third-order valence-electron chi connectivity index (χ3n) is 4.72. The van der Waals surface area contributed by atoms with Crippen molar-refractivity contribution < 1.29 is 14.8 Å². The fraction of sp³-hybridized carbons (Fsp3) is 0.278. The minimum Gasteiger partial charge on any atom is -0.355 e. The zero-order valence-corrected chi connectivity index (χ0v) is 14.3. The number of thioether (sulfide) groups is 1. The Hall–Kier alpha value is -2.38. The molecule has 1 fully saturated rings. The number of aromatic nitrogens is 1. The fourth-order valence-corrected chi connectivity index (χ4v) is 4.73. The van der Waals surface area contributed by atoms with Crippen LogP contribution in [0.15, 0.2) is 47.6 Å². The van der Waals surface area contributed by atoms with Gasteiger partial charge in [-0.25, -0.2) is 0 Å². The van der Waals surface area contributed by atoms with E-state index in [1.165, 1.54) is 6.20 Å². The number of benzene rings is 1. The Balaban J connectivity index is 1.58. The predicted molar refractivity (Wildman–Crippen MR) is 93.8 cm³/mol. The number of hydroxylamine groups is 1. The SMILES string of the molecule is O=C(c1ccc2c(c1)CCC1(CCNC1=O)S2)N(O)c1cccnc1. The molecule has 2 amide bonds. The lowest BCUT2D eigenvalue weighted by molar-refractivity contribution is -0.121. The van der Waals surface area contributed by atoms with Crippen molar-refractivity contribution in [1.82, 2.24) is 10.3 Å². The molecule has 7 heteroatoms. The van der Waals surface area contributed by atoms with Crippen molar-refractivity contribution in [2.45, 2.75) is 28.9 Å². The van der Waals surface area contributed by atoms with Gasteiger partial charge in [-0.1, -0.05) is 0 Å². The molecule has 4 rings (SSSR count). The van der Waals surface area contributed by atoms with Crippen molar-refractivity contribution in [2.75, 3.05) is 11.6 Å². The van der Waals surface area contributed by atoms with E-state index in [1.807, 2.05) is 12.1 Å². The van der Waals surface area contributed by atoms with Gasteiger partial charge in [0.05, 0.1) is 11.9 Å². The Kier molecular flexibility index (Phi) is 3.97. The van der Waals surface area contributed by atoms with E-state index in [0.29, 0.717) is 16.3 Å². The quantitative estimate of drug-likeness (QED) is 0.639. The first kappa shape index (κ1) is 16.1. The van der Waals surface area contributed by atoms with Crippen LogP contribution >= 0.6 is 11.8 Å². The molecule has 128 valence electrons. The highest BCUT2D eigenvalue weighted by atomic mass is 32.2. The molecular weight excluding hydrogens is 338 g/mol. The van der Waals surface area contributed by atoms with Gasteiger partial charge in [0.2, 0.25) is 5.91 Å². The maximum Gasteiger partial charge on any atom is 0.282 e. The van der Waals surface area contributed by atoms with Gasteiger partial charge >= 0.3 is 0 Å². The molecule has 0 bridgehead atoms. The number of fused-ring (bicyclic) bond motifs is 1. The standard InChI is InChI=1S/C18H17N3O3S/c22-16(21(24)14-2-1-8-19-11-14)13-3-4-15-12(10-13)5-6-18(25-15)7-9-20-17(18)23/h1-4,8,10-11,24H,5-7,9H2,(H,20,23). The number of aryl methyl sites for hydroxylation is 1. The van der Waals surface area contributed by atoms with Gasteiger partial charge in [0.1, 0.15) is 4.75 Å². The second kappa shape index (κ2) is 6.16. The Morgan fingerprint density at radius 2 is 2.20 bits per heavy atom. The van der Waals surface area contributed by atoms with Gasteiger partial charge in [0, 0.05) is 23.2 Å². The van der Waals surface area contributed by atoms with Crippen LogP contribution in [0.25, 0.3) is 0 Å². The molecule has 1 aromatic heterocycles. The predicted octanol–water partition coefficient (Wildman–Crippen LogP) is 2.41. The Bertz CT molecular complexity index is 843. The van der Waals surface area contributed by atoms with Crippen LogP contribution in [-0.4, -0.2) is 33.3 Å². The van der Waals surface area contributed by atoms with Gasteiger partial charge in [-0.05, 0) is 55.2 Å². The highest BCUT2D eigenvalue weighted by Gasteiger charge is 2.45. The van der Waals surface area contributed by atoms with Crippen LogP contribution in [0, 0.1) is 0 Å². The molecule has 1 spiro atoms. The van der Waals surface area contributed by atoms with E-state index in [4.69, 9.17) is 0 Å². The number of pyridine rings is 1. The number of nitrogens with one attached hydrogen (secondary N) is 1. The van der Waals surface area contributed by atoms with Crippen LogP contribution in [0.1, 0.15) is 28.8 Å². The number of rotatable bonds is 2. The van der Waals surface area contributed by atoms with E-state index >= 15 is 0 Å². The summed E-state index contributed by atoms with van der Waals surface area (Å²) < 4.78 is -0.364. The molecule has 1 atom stereocenters. The molecule has 1 saturated heterocycles. The topological polar surface area (TPSA) is 82.5 Å². The summed E-state index contributed by atoms with van der Waals surface area (Å²) in [5, 5.41) is 13.7. The van der Waals surface area contributed by atoms with Crippen molar-refractivity contribution >= 4 is 29.3 Å². The summed E-state index contributed by atoms with van der Waals surface area (Å²) in [6, 6.07) is 8.64. The van der Waals surface area contributed by atoms with E-state index in [-0.39, 0.29) is 10.7 Å². The molecule has 2 aliphatic heterocycles. The lowest BCUT2D eigenvalue weighted by Crippen LogP contribution is -2.37. The van der Waals surface area contributed by atoms with E-state index < -0.39 is 5.91 Å². The van der Waals surface area contributed by atoms with Crippen LogP contribution < -0.4 is 10.4 Å². The monoisotopic (exact) mass is 355 g/mol. The molecule has 0 aliphatic carbocycles. The van der Waals surface area contributed by atoms with Crippen molar-refractivity contribution in [3.63, 3.8) is 0 Å². The van der Waals surface area contributed by atoms with Gasteiger partial charge in [-0.3, -0.25) is 19.8 Å². The number of carbonyl (C=O) groups excluding carboxylic acids is 2. The molecule has 6 nitrogen and oxygen atoms in total. The van der Waals surface area contributed by atoms with Gasteiger partial charge < -0.3 is 5.32 Å². The molecule has 1 aromatic carbocycles. The lowest BCUT2D eigenvalue weighted by Gasteiger charge is -2.31. The molecule has 3 heterocycles. The first-order valence-corrected chi connectivity index (χ1v) is 8.94. The fourth-order valence-electron chi connectivity index (χ4n) is 3.31. The zero-order chi connectivity index (χ0) is 17.4. The largest absolute Gasteiger partial charge is 0.355 e. The minimum atomic E-state index is -0.500. The summed E-state index contributed by atoms with van der Waals surface area (Å²) >= 11 is 1.59. The average molecular weight is 355 g/mol. The second-order valence-electron chi connectivity index (χ2n) is 6.25. The normalized spacial score (nSPS) is 21.7. The van der Waals surface area contributed by atoms with Gasteiger partial charge in [-0.15, -0.1) is 11.8 Å². The van der Waals surface area contributed by atoms with Gasteiger partial charge in [0.15, 0.2) is 0 Å².